The first-order valence-electron chi connectivity index (χ1n) is 6.18. The second-order valence-electron chi connectivity index (χ2n) is 4.57. The van der Waals surface area contributed by atoms with E-state index in [-0.39, 0.29) is 11.9 Å². The predicted octanol–water partition coefficient (Wildman–Crippen LogP) is 1.68. The van der Waals surface area contributed by atoms with Crippen LogP contribution >= 0.6 is 0 Å². The lowest BCUT2D eigenvalue weighted by atomic mass is 9.80. The molecule has 0 aromatic heterocycles. The van der Waals surface area contributed by atoms with Crippen molar-refractivity contribution in [3.63, 3.8) is 0 Å². The molecule has 0 aromatic rings. The Morgan fingerprint density at radius 2 is 1.87 bits per heavy atom. The molecule has 15 heavy (non-hydrogen) atoms. The van der Waals surface area contributed by atoms with E-state index in [1.165, 1.54) is 0 Å². The molecule has 3 heteroatoms. The molecule has 3 nitrogen and oxygen atoms in total. The summed E-state index contributed by atoms with van der Waals surface area (Å²) in [6.07, 6.45) is 4.40. The number of amides is 1. The van der Waals surface area contributed by atoms with Gasteiger partial charge >= 0.3 is 0 Å². The molecule has 0 aliphatic carbocycles. The maximum atomic E-state index is 11.6. The summed E-state index contributed by atoms with van der Waals surface area (Å²) in [5.41, 5.74) is 0.305. The summed E-state index contributed by atoms with van der Waals surface area (Å²) in [7, 11) is 0. The van der Waals surface area contributed by atoms with E-state index in [4.69, 9.17) is 0 Å². The first kappa shape index (κ1) is 12.5. The van der Waals surface area contributed by atoms with Crippen LogP contribution in [0.4, 0.5) is 0 Å². The molecular weight excluding hydrogens is 188 g/mol. The molecule has 88 valence electrons. The lowest BCUT2D eigenvalue weighted by Gasteiger charge is -2.33. The van der Waals surface area contributed by atoms with E-state index in [1.807, 2.05) is 0 Å². The van der Waals surface area contributed by atoms with Crippen molar-refractivity contribution in [3.05, 3.63) is 0 Å². The van der Waals surface area contributed by atoms with Crippen molar-refractivity contribution in [1.29, 1.82) is 0 Å². The summed E-state index contributed by atoms with van der Waals surface area (Å²) in [4.78, 5) is 11.6. The van der Waals surface area contributed by atoms with Crippen molar-refractivity contribution >= 4 is 5.91 Å². The minimum absolute atomic E-state index is 0.0771. The summed E-state index contributed by atoms with van der Waals surface area (Å²) in [6, 6.07) is 0.0771. The number of hydrogen-bond donors (Lipinski definition) is 2. The highest BCUT2D eigenvalue weighted by atomic mass is 16.2. The summed E-state index contributed by atoms with van der Waals surface area (Å²) < 4.78 is 0. The van der Waals surface area contributed by atoms with Gasteiger partial charge < -0.3 is 10.6 Å². The van der Waals surface area contributed by atoms with Gasteiger partial charge in [0.15, 0.2) is 0 Å². The molecule has 1 amide bonds. The van der Waals surface area contributed by atoms with E-state index in [0.717, 1.165) is 38.8 Å². The molecule has 1 aliphatic rings. The van der Waals surface area contributed by atoms with Crippen LogP contribution in [0.5, 0.6) is 0 Å². The van der Waals surface area contributed by atoms with Crippen LogP contribution in [0, 0.1) is 5.41 Å². The highest BCUT2D eigenvalue weighted by Gasteiger charge is 2.28. The molecule has 0 saturated carbocycles. The topological polar surface area (TPSA) is 41.1 Å². The molecule has 1 atom stereocenters. The quantitative estimate of drug-likeness (QED) is 0.703. The number of rotatable bonds is 6. The van der Waals surface area contributed by atoms with E-state index < -0.39 is 0 Å². The fraction of sp³-hybridized carbons (Fsp3) is 0.917. The Bertz CT molecular complexity index is 199. The summed E-state index contributed by atoms with van der Waals surface area (Å²) in [6.45, 7) is 8.44. The van der Waals surface area contributed by atoms with E-state index >= 15 is 0 Å². The third-order valence-corrected chi connectivity index (χ3v) is 4.03. The molecule has 1 heterocycles. The molecular formula is C12H24N2O. The van der Waals surface area contributed by atoms with Crippen LogP contribution in [-0.2, 0) is 4.79 Å². The third kappa shape index (κ3) is 2.94. The van der Waals surface area contributed by atoms with E-state index in [9.17, 15) is 4.79 Å². The van der Waals surface area contributed by atoms with Gasteiger partial charge in [0.05, 0.1) is 6.04 Å². The Labute approximate surface area is 93.0 Å². The van der Waals surface area contributed by atoms with E-state index in [0.29, 0.717) is 5.41 Å². The zero-order chi connectivity index (χ0) is 11.3. The van der Waals surface area contributed by atoms with E-state index in [1.54, 1.807) is 0 Å². The average molecular weight is 212 g/mol. The maximum Gasteiger partial charge on any atom is 0.237 e. The molecule has 0 spiro atoms. The highest BCUT2D eigenvalue weighted by Crippen LogP contribution is 2.29. The molecule has 0 bridgehead atoms. The zero-order valence-electron chi connectivity index (χ0n) is 10.2. The van der Waals surface area contributed by atoms with Crippen molar-refractivity contribution in [2.75, 3.05) is 13.1 Å². The second kappa shape index (κ2) is 5.50. The molecule has 1 saturated heterocycles. The smallest absolute Gasteiger partial charge is 0.237 e. The van der Waals surface area contributed by atoms with Crippen molar-refractivity contribution in [2.45, 2.75) is 52.5 Å². The SMILES string of the molecule is CCC(CC)(CC)CNC(=O)[C@H]1CCN1. The fourth-order valence-corrected chi connectivity index (χ4v) is 2.04. The van der Waals surface area contributed by atoms with E-state index in [2.05, 4.69) is 31.4 Å². The Hall–Kier alpha value is -0.570. The van der Waals surface area contributed by atoms with Crippen molar-refractivity contribution in [2.24, 2.45) is 5.41 Å². The molecule has 0 radical (unpaired) electrons. The van der Waals surface area contributed by atoms with Gasteiger partial charge in [0.2, 0.25) is 5.91 Å². The monoisotopic (exact) mass is 212 g/mol. The molecule has 0 aromatic carbocycles. The van der Waals surface area contributed by atoms with Crippen LogP contribution < -0.4 is 10.6 Å². The lowest BCUT2D eigenvalue weighted by molar-refractivity contribution is -0.125. The maximum absolute atomic E-state index is 11.6. The fourth-order valence-electron chi connectivity index (χ4n) is 2.04. The third-order valence-electron chi connectivity index (χ3n) is 4.03. The predicted molar refractivity (Wildman–Crippen MR) is 62.7 cm³/mol. The Morgan fingerprint density at radius 3 is 2.20 bits per heavy atom. The van der Waals surface area contributed by atoms with Crippen LogP contribution in [0.25, 0.3) is 0 Å². The molecule has 1 fully saturated rings. The largest absolute Gasteiger partial charge is 0.354 e. The van der Waals surface area contributed by atoms with Crippen molar-refractivity contribution in [1.82, 2.24) is 10.6 Å². The van der Waals surface area contributed by atoms with Crippen LogP contribution in [0.2, 0.25) is 0 Å². The van der Waals surface area contributed by atoms with Crippen LogP contribution in [-0.4, -0.2) is 25.0 Å². The van der Waals surface area contributed by atoms with Gasteiger partial charge in [0.25, 0.3) is 0 Å². The minimum atomic E-state index is 0.0771. The number of carbonyl (C=O) groups excluding carboxylic acids is 1. The van der Waals surface area contributed by atoms with Crippen molar-refractivity contribution < 1.29 is 4.79 Å². The van der Waals surface area contributed by atoms with Gasteiger partial charge in [-0.25, -0.2) is 0 Å². The van der Waals surface area contributed by atoms with Gasteiger partial charge in [-0.2, -0.15) is 0 Å². The van der Waals surface area contributed by atoms with Gasteiger partial charge in [0.1, 0.15) is 0 Å². The molecule has 1 aliphatic heterocycles. The first-order valence-corrected chi connectivity index (χ1v) is 6.18. The normalized spacial score (nSPS) is 20.9. The number of nitrogens with one attached hydrogen (secondary N) is 2. The lowest BCUT2D eigenvalue weighted by Crippen LogP contribution is -2.54. The van der Waals surface area contributed by atoms with Crippen LogP contribution in [0.3, 0.4) is 0 Å². The first-order chi connectivity index (χ1) is 7.17. The Balaban J connectivity index is 2.35. The summed E-state index contributed by atoms with van der Waals surface area (Å²) in [5.74, 6) is 0.181. The number of hydrogen-bond acceptors (Lipinski definition) is 2. The van der Waals surface area contributed by atoms with Gasteiger partial charge in [-0.1, -0.05) is 20.8 Å². The summed E-state index contributed by atoms with van der Waals surface area (Å²) >= 11 is 0. The summed E-state index contributed by atoms with van der Waals surface area (Å²) in [5, 5.41) is 6.20. The second-order valence-corrected chi connectivity index (χ2v) is 4.57. The Morgan fingerprint density at radius 1 is 1.33 bits per heavy atom. The number of carbonyl (C=O) groups is 1. The van der Waals surface area contributed by atoms with Crippen LogP contribution in [0.15, 0.2) is 0 Å². The zero-order valence-corrected chi connectivity index (χ0v) is 10.2. The van der Waals surface area contributed by atoms with Gasteiger partial charge in [0, 0.05) is 6.54 Å². The van der Waals surface area contributed by atoms with Crippen LogP contribution in [0.1, 0.15) is 46.5 Å². The Kier molecular flexibility index (Phi) is 4.58. The highest BCUT2D eigenvalue weighted by molar-refractivity contribution is 5.82. The minimum Gasteiger partial charge on any atom is -0.354 e. The molecule has 2 N–H and O–H groups in total. The average Bonchev–Trinajstić information content (AvgIpc) is 2.18. The van der Waals surface area contributed by atoms with Crippen molar-refractivity contribution in [3.8, 4) is 0 Å². The molecule has 1 rings (SSSR count). The van der Waals surface area contributed by atoms with Gasteiger partial charge in [-0.3, -0.25) is 4.79 Å². The van der Waals surface area contributed by atoms with Gasteiger partial charge in [-0.05, 0) is 37.6 Å². The standard InChI is InChI=1S/C12H24N2O/c1-4-12(5-2,6-3)9-14-11(15)10-7-8-13-10/h10,13H,4-9H2,1-3H3,(H,14,15)/t10-/m1/s1. The molecule has 0 unspecified atom stereocenters. The van der Waals surface area contributed by atoms with Gasteiger partial charge in [-0.15, -0.1) is 0 Å².